The van der Waals surface area contributed by atoms with E-state index in [0.717, 1.165) is 0 Å². The van der Waals surface area contributed by atoms with Crippen LogP contribution in [0.15, 0.2) is 30.7 Å². The molecule has 0 saturated carbocycles. The fourth-order valence-corrected chi connectivity index (χ4v) is 2.96. The van der Waals surface area contributed by atoms with Gasteiger partial charge in [0.05, 0.1) is 10.6 Å². The number of amides is 1. The minimum Gasteiger partial charge on any atom is -0.370 e. The fourth-order valence-electron chi connectivity index (χ4n) is 2.73. The molecule has 1 aromatic heterocycles. The van der Waals surface area contributed by atoms with Crippen molar-refractivity contribution in [1.29, 1.82) is 0 Å². The van der Waals surface area contributed by atoms with Crippen molar-refractivity contribution in [2.24, 2.45) is 5.73 Å². The van der Waals surface area contributed by atoms with Crippen molar-refractivity contribution in [3.8, 4) is 0 Å². The molecule has 1 amide bonds. The van der Waals surface area contributed by atoms with Gasteiger partial charge in [0.25, 0.3) is 0 Å². The molecule has 0 fully saturated rings. The highest BCUT2D eigenvalue weighted by Gasteiger charge is 2.25. The number of rotatable bonds is 8. The lowest BCUT2D eigenvalue weighted by Crippen LogP contribution is -2.34. The van der Waals surface area contributed by atoms with Gasteiger partial charge in [-0.1, -0.05) is 24.6 Å². The summed E-state index contributed by atoms with van der Waals surface area (Å²) < 4.78 is 15.1. The molecule has 0 spiro atoms. The van der Waals surface area contributed by atoms with Gasteiger partial charge in [-0.2, -0.15) is 0 Å². The van der Waals surface area contributed by atoms with Crippen LogP contribution in [0.4, 0.5) is 4.39 Å². The molecule has 138 valence electrons. The Bertz CT molecular complexity index is 801. The summed E-state index contributed by atoms with van der Waals surface area (Å²) in [7, 11) is 0. The van der Waals surface area contributed by atoms with E-state index in [9.17, 15) is 9.59 Å². The van der Waals surface area contributed by atoms with Crippen LogP contribution in [0.1, 0.15) is 54.3 Å². The SMILES string of the molecule is CC[C@@H](N[C@H](C)CC(N)=O)c1ccc(Cl)c(C(=O)c2ccncn2)c1F. The van der Waals surface area contributed by atoms with Gasteiger partial charge in [0, 0.05) is 30.3 Å². The van der Waals surface area contributed by atoms with Gasteiger partial charge >= 0.3 is 0 Å². The number of primary amides is 1. The molecule has 0 aliphatic rings. The number of carbonyl (C=O) groups excluding carboxylic acids is 2. The van der Waals surface area contributed by atoms with E-state index in [1.807, 2.05) is 6.92 Å². The molecule has 2 atom stereocenters. The number of ketones is 1. The summed E-state index contributed by atoms with van der Waals surface area (Å²) in [6.45, 7) is 3.66. The molecule has 0 unspecified atom stereocenters. The maximum absolute atomic E-state index is 15.1. The number of hydrogen-bond donors (Lipinski definition) is 2. The van der Waals surface area contributed by atoms with Crippen LogP contribution in [0.25, 0.3) is 0 Å². The van der Waals surface area contributed by atoms with E-state index < -0.39 is 23.5 Å². The van der Waals surface area contributed by atoms with Gasteiger partial charge in [0.1, 0.15) is 17.8 Å². The first-order valence-electron chi connectivity index (χ1n) is 8.18. The van der Waals surface area contributed by atoms with Crippen molar-refractivity contribution in [3.05, 3.63) is 58.4 Å². The van der Waals surface area contributed by atoms with Gasteiger partial charge in [-0.25, -0.2) is 14.4 Å². The van der Waals surface area contributed by atoms with Crippen molar-refractivity contribution in [2.75, 3.05) is 0 Å². The summed E-state index contributed by atoms with van der Waals surface area (Å²) in [6, 6.07) is 3.77. The second-order valence-corrected chi connectivity index (χ2v) is 6.36. The monoisotopic (exact) mass is 378 g/mol. The zero-order chi connectivity index (χ0) is 19.3. The summed E-state index contributed by atoms with van der Waals surface area (Å²) >= 11 is 6.08. The van der Waals surface area contributed by atoms with Crippen LogP contribution < -0.4 is 11.1 Å². The van der Waals surface area contributed by atoms with Crippen molar-refractivity contribution in [1.82, 2.24) is 15.3 Å². The summed E-state index contributed by atoms with van der Waals surface area (Å²) in [4.78, 5) is 31.3. The maximum atomic E-state index is 15.1. The number of nitrogens with one attached hydrogen (secondary N) is 1. The first-order valence-corrected chi connectivity index (χ1v) is 8.55. The average Bonchev–Trinajstić information content (AvgIpc) is 2.60. The van der Waals surface area contributed by atoms with E-state index in [-0.39, 0.29) is 28.7 Å². The summed E-state index contributed by atoms with van der Waals surface area (Å²) in [5.41, 5.74) is 5.32. The highest BCUT2D eigenvalue weighted by Crippen LogP contribution is 2.29. The molecule has 2 aromatic rings. The van der Waals surface area contributed by atoms with E-state index in [1.165, 1.54) is 30.7 Å². The van der Waals surface area contributed by atoms with Crippen LogP contribution in [0.2, 0.25) is 5.02 Å². The zero-order valence-electron chi connectivity index (χ0n) is 14.5. The molecule has 0 radical (unpaired) electrons. The number of carbonyl (C=O) groups is 2. The Labute approximate surface area is 156 Å². The molecule has 8 heteroatoms. The standard InChI is InChI=1S/C18H20ClFN4O2/c1-3-13(24-10(2)8-15(21)25)11-4-5-12(19)16(17(11)20)18(26)14-6-7-22-9-23-14/h4-7,9-10,13,24H,3,8H2,1-2H3,(H2,21,25)/t10-,13-/m1/s1. The lowest BCUT2D eigenvalue weighted by atomic mass is 9.97. The van der Waals surface area contributed by atoms with Crippen molar-refractivity contribution >= 4 is 23.3 Å². The largest absolute Gasteiger partial charge is 0.370 e. The molecule has 0 aliphatic carbocycles. The number of benzene rings is 1. The smallest absolute Gasteiger partial charge is 0.218 e. The highest BCUT2D eigenvalue weighted by atomic mass is 35.5. The summed E-state index contributed by atoms with van der Waals surface area (Å²) in [5, 5.41) is 3.17. The average molecular weight is 379 g/mol. The Morgan fingerprint density at radius 3 is 2.65 bits per heavy atom. The molecular weight excluding hydrogens is 359 g/mol. The topological polar surface area (TPSA) is 98.0 Å². The Morgan fingerprint density at radius 1 is 1.35 bits per heavy atom. The van der Waals surface area contributed by atoms with Crippen LogP contribution in [0.3, 0.4) is 0 Å². The van der Waals surface area contributed by atoms with Gasteiger partial charge in [-0.05, 0) is 25.5 Å². The first-order chi connectivity index (χ1) is 12.3. The van der Waals surface area contributed by atoms with Gasteiger partial charge in [-0.3, -0.25) is 9.59 Å². The third-order valence-corrected chi connectivity index (χ3v) is 4.25. The van der Waals surface area contributed by atoms with E-state index in [0.29, 0.717) is 12.0 Å². The molecule has 2 rings (SSSR count). The molecule has 1 aromatic carbocycles. The number of nitrogens with two attached hydrogens (primary N) is 1. The molecule has 26 heavy (non-hydrogen) atoms. The molecule has 0 bridgehead atoms. The Morgan fingerprint density at radius 2 is 2.08 bits per heavy atom. The van der Waals surface area contributed by atoms with Crippen molar-refractivity contribution in [2.45, 2.75) is 38.8 Å². The second-order valence-electron chi connectivity index (χ2n) is 5.95. The minimum atomic E-state index is -0.702. The van der Waals surface area contributed by atoms with E-state index >= 15 is 4.39 Å². The Hall–Kier alpha value is -2.38. The van der Waals surface area contributed by atoms with Gasteiger partial charge in [0.15, 0.2) is 0 Å². The van der Waals surface area contributed by atoms with E-state index in [2.05, 4.69) is 15.3 Å². The van der Waals surface area contributed by atoms with Crippen LogP contribution >= 0.6 is 11.6 Å². The van der Waals surface area contributed by atoms with Crippen molar-refractivity contribution in [3.63, 3.8) is 0 Å². The number of nitrogens with zero attached hydrogens (tertiary/aromatic N) is 2. The van der Waals surface area contributed by atoms with Gasteiger partial charge in [0.2, 0.25) is 11.7 Å². The molecule has 0 aliphatic heterocycles. The number of aromatic nitrogens is 2. The zero-order valence-corrected chi connectivity index (χ0v) is 15.3. The van der Waals surface area contributed by atoms with E-state index in [4.69, 9.17) is 17.3 Å². The van der Waals surface area contributed by atoms with Gasteiger partial charge < -0.3 is 11.1 Å². The van der Waals surface area contributed by atoms with Crippen LogP contribution in [0, 0.1) is 5.82 Å². The minimum absolute atomic E-state index is 0.00917. The van der Waals surface area contributed by atoms with E-state index in [1.54, 1.807) is 6.92 Å². The Kier molecular flexibility index (Phi) is 6.76. The molecule has 6 nitrogen and oxygen atoms in total. The molecule has 3 N–H and O–H groups in total. The fraction of sp³-hybridized carbons (Fsp3) is 0.333. The first kappa shape index (κ1) is 19.9. The summed E-state index contributed by atoms with van der Waals surface area (Å²) in [5.74, 6) is -1.76. The van der Waals surface area contributed by atoms with Crippen LogP contribution in [-0.4, -0.2) is 27.7 Å². The van der Waals surface area contributed by atoms with Crippen LogP contribution in [-0.2, 0) is 4.79 Å². The number of halogens is 2. The molecule has 1 heterocycles. The normalized spacial score (nSPS) is 13.2. The predicted octanol–water partition coefficient (Wildman–Crippen LogP) is 2.80. The molecular formula is C18H20ClFN4O2. The predicted molar refractivity (Wildman–Crippen MR) is 96.3 cm³/mol. The lowest BCUT2D eigenvalue weighted by molar-refractivity contribution is -0.118. The van der Waals surface area contributed by atoms with Crippen molar-refractivity contribution < 1.29 is 14.0 Å². The second kappa shape index (κ2) is 8.82. The highest BCUT2D eigenvalue weighted by molar-refractivity contribution is 6.35. The van der Waals surface area contributed by atoms with Crippen LogP contribution in [0.5, 0.6) is 0 Å². The quantitative estimate of drug-likeness (QED) is 0.688. The molecule has 0 saturated heterocycles. The maximum Gasteiger partial charge on any atom is 0.218 e. The van der Waals surface area contributed by atoms with Gasteiger partial charge in [-0.15, -0.1) is 0 Å². The third-order valence-electron chi connectivity index (χ3n) is 3.94. The summed E-state index contributed by atoms with van der Waals surface area (Å²) in [6.07, 6.45) is 3.28. The number of hydrogen-bond acceptors (Lipinski definition) is 5. The third kappa shape index (κ3) is 4.62. The lowest BCUT2D eigenvalue weighted by Gasteiger charge is -2.23. The Balaban J connectivity index is 2.38.